The molecule has 27 nitrogen and oxygen atoms in total. The fourth-order valence-electron chi connectivity index (χ4n) is 15.1. The number of likely N-dealkylation sites (N-methyl/N-ethyl adjacent to an activating group) is 1. The fraction of sp³-hybridized carbons (Fsp3) is 0.432. The highest BCUT2D eigenvalue weighted by Gasteiger charge is 2.26. The average Bonchev–Trinajstić information content (AvgIpc) is 0.830. The second kappa shape index (κ2) is 57.8. The van der Waals surface area contributed by atoms with E-state index >= 15 is 0 Å². The fourth-order valence-corrected chi connectivity index (χ4v) is 16.6. The van der Waals surface area contributed by atoms with E-state index in [-0.39, 0.29) is 48.8 Å². The zero-order chi connectivity index (χ0) is 104. The Kier molecular flexibility index (Phi) is 45.8. The number of aromatic nitrogens is 7. The van der Waals surface area contributed by atoms with Crippen LogP contribution in [-0.2, 0) is 15.9 Å². The van der Waals surface area contributed by atoms with E-state index in [0.717, 1.165) is 160 Å². The van der Waals surface area contributed by atoms with E-state index < -0.39 is 0 Å². The molecule has 7 aromatic carbocycles. The number of hydrogen-bond acceptors (Lipinski definition) is 27. The molecule has 3 saturated heterocycles. The summed E-state index contributed by atoms with van der Waals surface area (Å²) in [5.74, 6) is 8.45. The summed E-state index contributed by atoms with van der Waals surface area (Å²) >= 11 is 43.6. The first-order chi connectivity index (χ1) is 69.6. The summed E-state index contributed by atoms with van der Waals surface area (Å²) in [6.45, 7) is 43.8. The summed E-state index contributed by atoms with van der Waals surface area (Å²) in [7, 11) is 7.20. The van der Waals surface area contributed by atoms with Gasteiger partial charge in [-0.05, 0) is 222 Å². The maximum Gasteiger partial charge on any atom is 0.217 e. The molecule has 10 heterocycles. The molecular formula is C111H136Cl7N11O16. The van der Waals surface area contributed by atoms with E-state index in [4.69, 9.17) is 152 Å². The largest absolute Gasteiger partial charge is 0.490 e. The maximum absolute atomic E-state index is 9.28. The number of pyridine rings is 7. The van der Waals surface area contributed by atoms with Crippen LogP contribution in [0.1, 0.15) is 122 Å². The van der Waals surface area contributed by atoms with Crippen LogP contribution in [0.5, 0.6) is 75.5 Å². The van der Waals surface area contributed by atoms with Crippen LogP contribution in [0.25, 0.3) is 76.3 Å². The number of fused-ring (bicyclic) bond motifs is 7. The highest BCUT2D eigenvalue weighted by molar-refractivity contribution is 6.38. The van der Waals surface area contributed by atoms with Gasteiger partial charge in [-0.2, -0.15) is 0 Å². The molecule has 17 rings (SSSR count). The summed E-state index contributed by atoms with van der Waals surface area (Å²) in [5, 5.41) is 19.9. The van der Waals surface area contributed by atoms with Crippen molar-refractivity contribution in [2.75, 3.05) is 147 Å². The lowest BCUT2D eigenvalue weighted by atomic mass is 10.1. The van der Waals surface area contributed by atoms with Gasteiger partial charge in [0.2, 0.25) is 35.3 Å². The van der Waals surface area contributed by atoms with Gasteiger partial charge >= 0.3 is 0 Å². The molecule has 0 amide bonds. The predicted octanol–water partition coefficient (Wildman–Crippen LogP) is 25.5. The van der Waals surface area contributed by atoms with Gasteiger partial charge in [-0.25, -0.2) is 29.9 Å². The van der Waals surface area contributed by atoms with Crippen molar-refractivity contribution in [2.24, 2.45) is 0 Å². The summed E-state index contributed by atoms with van der Waals surface area (Å²) < 4.78 is 85.1. The van der Waals surface area contributed by atoms with Crippen LogP contribution in [0.15, 0.2) is 170 Å². The summed E-state index contributed by atoms with van der Waals surface area (Å²) in [6, 6.07) is 52.7. The molecule has 0 saturated carbocycles. The molecule has 145 heavy (non-hydrogen) atoms. The quantitative estimate of drug-likeness (QED) is 0.0355. The number of morpholine rings is 1. The van der Waals surface area contributed by atoms with E-state index in [0.29, 0.717) is 151 Å². The Morgan fingerprint density at radius 1 is 0.331 bits per heavy atom. The lowest BCUT2D eigenvalue weighted by molar-refractivity contribution is -0.00412. The number of β-amino-alcohol motifs (C(OH)–C–C–N with tert-alkyl or cyclic N) is 1. The molecule has 3 aliphatic rings. The van der Waals surface area contributed by atoms with Crippen LogP contribution in [0.3, 0.4) is 0 Å². The van der Waals surface area contributed by atoms with Gasteiger partial charge < -0.3 is 81.1 Å². The van der Waals surface area contributed by atoms with Crippen molar-refractivity contribution in [3.8, 4) is 75.5 Å². The van der Waals surface area contributed by atoms with Gasteiger partial charge in [0, 0.05) is 145 Å². The molecule has 0 bridgehead atoms. The number of methoxy groups -OCH3 is 2. The van der Waals surface area contributed by atoms with Gasteiger partial charge in [0.05, 0.1) is 150 Å². The third-order valence-electron chi connectivity index (χ3n) is 21.7. The number of aliphatic hydroxyl groups is 1. The molecule has 14 aromatic rings. The van der Waals surface area contributed by atoms with Crippen LogP contribution < -0.4 is 61.6 Å². The minimum absolute atomic E-state index is 0.0509. The van der Waals surface area contributed by atoms with Crippen LogP contribution in [-0.4, -0.2) is 255 Å². The monoisotopic (exact) mass is 2120 g/mol. The molecule has 780 valence electrons. The molecule has 0 aliphatic carbocycles. The number of nitrogens with zero attached hydrogens (tertiary/aromatic N) is 11. The molecule has 0 radical (unpaired) electrons. The molecule has 0 spiro atoms. The van der Waals surface area contributed by atoms with Crippen molar-refractivity contribution in [3.63, 3.8) is 0 Å². The van der Waals surface area contributed by atoms with Crippen molar-refractivity contribution >= 4 is 158 Å². The Balaban J connectivity index is 0.000000162. The predicted molar refractivity (Wildman–Crippen MR) is 587 cm³/mol. The van der Waals surface area contributed by atoms with Crippen molar-refractivity contribution in [1.29, 1.82) is 0 Å². The average molecular weight is 2130 g/mol. The first-order valence-electron chi connectivity index (χ1n) is 49.2. The van der Waals surface area contributed by atoms with Crippen molar-refractivity contribution in [2.45, 2.75) is 172 Å². The summed E-state index contributed by atoms with van der Waals surface area (Å²) in [5.41, 5.74) is 6.07. The van der Waals surface area contributed by atoms with E-state index in [1.165, 1.54) is 19.5 Å². The Morgan fingerprint density at radius 2 is 0.586 bits per heavy atom. The maximum atomic E-state index is 9.28. The Hall–Kier alpha value is -10.4. The number of rotatable bonds is 37. The van der Waals surface area contributed by atoms with E-state index in [1.807, 2.05) is 251 Å². The zero-order valence-corrected chi connectivity index (χ0v) is 91.6. The van der Waals surface area contributed by atoms with Gasteiger partial charge in [0.15, 0.2) is 0 Å². The van der Waals surface area contributed by atoms with Gasteiger partial charge in [-0.1, -0.05) is 137 Å². The van der Waals surface area contributed by atoms with Crippen molar-refractivity contribution in [1.82, 2.24) is 54.5 Å². The lowest BCUT2D eigenvalue weighted by Crippen LogP contribution is -2.51. The van der Waals surface area contributed by atoms with Crippen molar-refractivity contribution < 1.29 is 76.2 Å². The molecule has 7 aromatic heterocycles. The SMILES string of the molecule is CC(C)Oc1cc(OCCN(C)C)nc2c(Cl)cccc12.CC(C)Oc1cc(OCCN2CC(O)C2)nc2c(Cl)cccc12.CC(C)Oc1cc(OCCN2CCC2)nc2c(Cl)cccc12.CC(C)Oc1cc(OCCN2CCOCC2)nc2c(Cl)cccc12.CCCc1cc(OC(C)C)c2cccc(Cl)c2n1.COCCOc1cc(OC(C)C)c2cccc(Cl)c2n1.COc1cc(OC(C)C)c2cccc(Cl)c2n1. The van der Waals surface area contributed by atoms with Gasteiger partial charge in [0.25, 0.3) is 0 Å². The normalized spacial score (nSPS) is 13.3. The van der Waals surface area contributed by atoms with E-state index in [1.54, 1.807) is 44.6 Å². The lowest BCUT2D eigenvalue weighted by Gasteiger charge is -2.35. The molecule has 3 fully saturated rings. The molecule has 1 N–H and O–H groups in total. The molecule has 3 aliphatic heterocycles. The number of ether oxygens (including phenoxy) is 15. The number of para-hydroxylation sites is 7. The van der Waals surface area contributed by atoms with E-state index in [9.17, 15) is 5.11 Å². The minimum atomic E-state index is -0.196. The highest BCUT2D eigenvalue weighted by Crippen LogP contribution is 2.41. The smallest absolute Gasteiger partial charge is 0.217 e. The Bertz CT molecular complexity index is 6480. The molecular weight excluding hydrogens is 1990 g/mol. The number of hydrogen-bond donors (Lipinski definition) is 1. The third kappa shape index (κ3) is 35.4. The van der Waals surface area contributed by atoms with Crippen LogP contribution >= 0.6 is 81.2 Å². The first kappa shape index (κ1) is 115. The number of aliphatic hydroxyl groups excluding tert-OH is 1. The minimum Gasteiger partial charge on any atom is -0.490 e. The topological polar surface area (TPSA) is 262 Å². The van der Waals surface area contributed by atoms with Gasteiger partial charge in [-0.15, -0.1) is 0 Å². The highest BCUT2D eigenvalue weighted by atomic mass is 35.5. The number of halogens is 7. The number of aryl methyl sites for hydroxylation is 1. The van der Waals surface area contributed by atoms with Crippen LogP contribution in [0.2, 0.25) is 35.2 Å². The number of likely N-dealkylation sites (tertiary alicyclic amines) is 2. The second-order valence-electron chi connectivity index (χ2n) is 36.5. The molecule has 0 atom stereocenters. The van der Waals surface area contributed by atoms with Crippen LogP contribution in [0, 0.1) is 0 Å². The van der Waals surface area contributed by atoms with Crippen LogP contribution in [0.4, 0.5) is 0 Å². The third-order valence-corrected chi connectivity index (χ3v) is 23.9. The van der Waals surface area contributed by atoms with Gasteiger partial charge in [-0.3, -0.25) is 19.7 Å². The second-order valence-corrected chi connectivity index (χ2v) is 39.4. The van der Waals surface area contributed by atoms with Gasteiger partial charge in [0.1, 0.15) is 73.3 Å². The standard InChI is InChI=1S/C18H23ClN2O3.C17H21ClN2O3.C17H21ClN2O2.C16H21ClN2O2.C15H18ClNO3.C15H18ClNO.C13H14ClNO2/c1-13(2)24-16-12-17(20-18-14(16)4-3-5-15(18)19)23-11-8-21-6-9-22-10-7-21;1-11(2)23-15-8-16(22-7-6-20-9-12(21)10-20)19-17-13(15)4-3-5-14(17)18;1-12(2)22-15-11-16(21-10-9-20-7-4-8-20)19-17-13(15)5-3-6-14(17)18;1-11(2)21-14-10-15(20-9-8-19(3)4)18-16-12(14)6-5-7-13(16)17;1-10(2)20-13-9-14(19-8-7-18-3)17-15-11(13)5-4-6-12(15)16;1-4-6-11-9-14(18-10(2)3)12-7-5-8-13(16)15(12)17-11;1-8(2)17-11-7-12(16-3)15-13-9(11)5-4-6-10(13)14/h3-5,12-13H,6-11H2,1-2H3;3-5,8,11-12,21H,6-7,9-10H2,1-2H3;3,5-6,11-12H,4,7-10H2,1-2H3;5-7,10-11H,8-9H2,1-4H3;4-6,9-10H,7-8H2,1-3H3;5,7-10H,4,6H2,1-3H3;4-8H,1-3H3. The zero-order valence-electron chi connectivity index (χ0n) is 86.3. The Labute approximate surface area is 886 Å². The molecule has 0 unspecified atom stereocenters. The van der Waals surface area contributed by atoms with Crippen molar-refractivity contribution in [3.05, 3.63) is 211 Å². The summed E-state index contributed by atoms with van der Waals surface area (Å²) in [4.78, 5) is 40.3. The number of benzene rings is 7. The molecule has 34 heteroatoms. The summed E-state index contributed by atoms with van der Waals surface area (Å²) in [6.07, 6.45) is 3.66. The Morgan fingerprint density at radius 3 is 0.841 bits per heavy atom. The first-order valence-corrected chi connectivity index (χ1v) is 51.8. The van der Waals surface area contributed by atoms with E-state index in [2.05, 4.69) is 61.4 Å².